The molecule has 82 heavy (non-hydrogen) atoms. The van der Waals surface area contributed by atoms with E-state index in [1.165, 1.54) is 26.4 Å². The van der Waals surface area contributed by atoms with E-state index in [1.54, 1.807) is 119 Å². The van der Waals surface area contributed by atoms with E-state index >= 15 is 0 Å². The number of aromatic nitrogens is 3. The number of carboxylic acid groups (broad SMARTS) is 1. The number of aromatic carboxylic acids is 1. The van der Waals surface area contributed by atoms with E-state index in [0.717, 1.165) is 27.8 Å². The van der Waals surface area contributed by atoms with Crippen molar-refractivity contribution in [2.45, 2.75) is 99.8 Å². The van der Waals surface area contributed by atoms with Crippen molar-refractivity contribution < 1.29 is 60.9 Å². The first-order valence-electron chi connectivity index (χ1n) is 26.0. The topological polar surface area (TPSA) is 222 Å². The first-order valence-corrected chi connectivity index (χ1v) is 26.4. The Balaban J connectivity index is 0.000000200. The third kappa shape index (κ3) is 15.7. The van der Waals surface area contributed by atoms with Gasteiger partial charge >= 0.3 is 17.9 Å². The molecule has 0 aliphatic carbocycles. The summed E-state index contributed by atoms with van der Waals surface area (Å²) in [5, 5.41) is 17.9. The lowest BCUT2D eigenvalue weighted by molar-refractivity contribution is -0.0227. The molecule has 0 radical (unpaired) electrons. The Morgan fingerprint density at radius 2 is 0.744 bits per heavy atom. The summed E-state index contributed by atoms with van der Waals surface area (Å²) in [7, 11) is 2.64. The minimum atomic E-state index is -2.65. The molecular formula is C60H65ClF4N8O9. The van der Waals surface area contributed by atoms with Crippen LogP contribution < -0.4 is 25.8 Å². The van der Waals surface area contributed by atoms with Gasteiger partial charge in [-0.3, -0.25) is 14.4 Å². The minimum Gasteiger partial charge on any atom is -0.478 e. The van der Waals surface area contributed by atoms with Crippen LogP contribution in [-0.4, -0.2) is 108 Å². The van der Waals surface area contributed by atoms with Crippen molar-refractivity contribution in [2.75, 3.05) is 66.1 Å². The first kappa shape index (κ1) is 62.7. The van der Waals surface area contributed by atoms with Crippen LogP contribution in [-0.2, 0) is 9.47 Å². The molecule has 3 aromatic carbocycles. The van der Waals surface area contributed by atoms with Gasteiger partial charge in [0.25, 0.3) is 29.6 Å². The van der Waals surface area contributed by atoms with Crippen LogP contribution in [0.15, 0.2) is 72.8 Å². The predicted octanol–water partition coefficient (Wildman–Crippen LogP) is 12.2. The Bertz CT molecular complexity index is 3380. The number of aryl methyl sites for hydroxylation is 9. The Morgan fingerprint density at radius 1 is 0.463 bits per heavy atom. The number of benzene rings is 3. The number of pyridine rings is 3. The smallest absolute Gasteiger partial charge is 0.337 e. The Kier molecular flexibility index (Phi) is 20.2. The highest BCUT2D eigenvalue weighted by atomic mass is 35.5. The summed E-state index contributed by atoms with van der Waals surface area (Å²) in [6.07, 6.45) is -0.930. The van der Waals surface area contributed by atoms with Crippen LogP contribution in [0.5, 0.6) is 0 Å². The molecule has 3 aromatic heterocycles. The third-order valence-corrected chi connectivity index (χ3v) is 14.1. The quantitative estimate of drug-likeness (QED) is 0.0538. The molecule has 5 heterocycles. The lowest BCUT2D eigenvalue weighted by atomic mass is 10.0. The van der Waals surface area contributed by atoms with Gasteiger partial charge in [-0.25, -0.2) is 46.9 Å². The molecular weight excluding hydrogens is 1090 g/mol. The highest BCUT2D eigenvalue weighted by Gasteiger charge is 2.36. The number of nitrogens with one attached hydrogen (secondary N) is 3. The molecule has 6 aromatic rings. The highest BCUT2D eigenvalue weighted by Crippen LogP contribution is 2.33. The number of halogens is 5. The third-order valence-electron chi connectivity index (χ3n) is 13.9. The molecule has 2 aliphatic heterocycles. The van der Waals surface area contributed by atoms with Gasteiger partial charge in [0, 0.05) is 68.9 Å². The zero-order chi connectivity index (χ0) is 60.5. The fourth-order valence-electron chi connectivity index (χ4n) is 9.30. The van der Waals surface area contributed by atoms with Crippen molar-refractivity contribution in [3.63, 3.8) is 0 Å². The SMILES string of the molecule is COC(=O)c1cc(C)c(NC(=O)c2nc(Cl)ccc2C)c(C)c1.COC(=O)c1cc(C)c(NC(=O)c2nc(N3CCC(F)(F)CC3)ccc2C)c(C)c1.Cc1ccc(N2CCC(F)(F)CC2)nc1C(=O)Nc1c(C)cc(C(=O)O)cc1C. The predicted molar refractivity (Wildman–Crippen MR) is 306 cm³/mol. The zero-order valence-electron chi connectivity index (χ0n) is 47.4. The molecule has 8 rings (SSSR count). The average Bonchev–Trinajstić information content (AvgIpc) is 3.55. The second-order valence-corrected chi connectivity index (χ2v) is 20.6. The van der Waals surface area contributed by atoms with Crippen LogP contribution in [0, 0.1) is 62.3 Å². The van der Waals surface area contributed by atoms with Crippen LogP contribution in [0.1, 0.15) is 138 Å². The number of methoxy groups -OCH3 is 2. The minimum absolute atomic E-state index is 0.149. The van der Waals surface area contributed by atoms with Crippen molar-refractivity contribution in [3.05, 3.63) is 162 Å². The Labute approximate surface area is 477 Å². The van der Waals surface area contributed by atoms with E-state index in [2.05, 4.69) is 30.9 Å². The molecule has 2 saturated heterocycles. The molecule has 434 valence electrons. The Morgan fingerprint density at radius 3 is 1.04 bits per heavy atom. The summed E-state index contributed by atoms with van der Waals surface area (Å²) in [5.74, 6) is -7.37. The summed E-state index contributed by atoms with van der Waals surface area (Å²) in [6, 6.07) is 20.0. The number of carbonyl (C=O) groups is 6. The summed E-state index contributed by atoms with van der Waals surface area (Å²) < 4.78 is 63.2. The number of anilines is 5. The lowest BCUT2D eigenvalue weighted by Gasteiger charge is -2.32. The van der Waals surface area contributed by atoms with E-state index in [0.29, 0.717) is 62.1 Å². The van der Waals surface area contributed by atoms with Gasteiger partial charge < -0.3 is 40.3 Å². The maximum absolute atomic E-state index is 13.4. The van der Waals surface area contributed by atoms with Gasteiger partial charge in [-0.15, -0.1) is 0 Å². The van der Waals surface area contributed by atoms with E-state index in [1.807, 2.05) is 13.8 Å². The van der Waals surface area contributed by atoms with Gasteiger partial charge in [0.05, 0.1) is 30.9 Å². The van der Waals surface area contributed by atoms with Gasteiger partial charge in [-0.2, -0.15) is 0 Å². The zero-order valence-corrected chi connectivity index (χ0v) is 48.2. The molecule has 2 aliphatic rings. The number of rotatable bonds is 11. The fourth-order valence-corrected chi connectivity index (χ4v) is 9.45. The van der Waals surface area contributed by atoms with E-state index in [9.17, 15) is 46.3 Å². The average molecular weight is 1150 g/mol. The van der Waals surface area contributed by atoms with Crippen LogP contribution in [0.25, 0.3) is 0 Å². The lowest BCUT2D eigenvalue weighted by Crippen LogP contribution is -2.40. The maximum atomic E-state index is 13.4. The maximum Gasteiger partial charge on any atom is 0.337 e. The molecule has 0 bridgehead atoms. The van der Waals surface area contributed by atoms with Crippen molar-refractivity contribution in [1.82, 2.24) is 15.0 Å². The number of amides is 3. The van der Waals surface area contributed by atoms with Crippen LogP contribution in [0.3, 0.4) is 0 Å². The van der Waals surface area contributed by atoms with Gasteiger partial charge in [-0.1, -0.05) is 29.8 Å². The number of nitrogens with zero attached hydrogens (tertiary/aromatic N) is 5. The largest absolute Gasteiger partial charge is 0.478 e. The van der Waals surface area contributed by atoms with Crippen molar-refractivity contribution in [1.29, 1.82) is 0 Å². The fraction of sp³-hybridized carbons (Fsp3) is 0.350. The standard InChI is InChI=1S/C22H25F2N3O3.C21H23F2N3O3.C17H17ClN2O3/c1-13-5-6-17(27-9-7-22(23,24)8-10-27)25-19(13)20(28)26-18-14(2)11-16(12-15(18)3)21(29)30-4;1-12-4-5-16(26-8-6-21(22,23)7-9-26)24-18(12)19(27)25-17-13(2)10-15(20(28)29)11-14(17)3;1-9-5-6-13(18)19-15(9)16(21)20-14-10(2)7-12(8-11(14)3)17(22)23-4/h5-6,11-12H,7-10H2,1-4H3,(H,26,28);4-5,10-11H,6-9H2,1-3H3,(H,25,27)(H,28,29);5-8H,1-4H3,(H,20,21). The van der Waals surface area contributed by atoms with Gasteiger partial charge in [0.1, 0.15) is 33.9 Å². The number of hydrogen-bond acceptors (Lipinski definition) is 13. The highest BCUT2D eigenvalue weighted by molar-refractivity contribution is 6.29. The number of esters is 2. The molecule has 0 spiro atoms. The molecule has 17 nitrogen and oxygen atoms in total. The molecule has 2 fully saturated rings. The summed E-state index contributed by atoms with van der Waals surface area (Å²) in [4.78, 5) is 89.3. The van der Waals surface area contributed by atoms with Crippen LogP contribution >= 0.6 is 11.6 Å². The number of carboxylic acids is 1. The summed E-state index contributed by atoms with van der Waals surface area (Å²) in [5.41, 5.74) is 9.77. The van der Waals surface area contributed by atoms with Gasteiger partial charge in [0.2, 0.25) is 0 Å². The van der Waals surface area contributed by atoms with Crippen LogP contribution in [0.4, 0.5) is 46.3 Å². The molecule has 0 atom stereocenters. The summed E-state index contributed by atoms with van der Waals surface area (Å²) >= 11 is 5.86. The number of piperidine rings is 2. The first-order chi connectivity index (χ1) is 38.5. The van der Waals surface area contributed by atoms with Gasteiger partial charge in [-0.05, 0) is 167 Å². The number of carbonyl (C=O) groups excluding carboxylic acids is 5. The van der Waals surface area contributed by atoms with Crippen molar-refractivity contribution >= 4 is 75.9 Å². The molecule has 0 saturated carbocycles. The number of ether oxygens (including phenoxy) is 2. The second kappa shape index (κ2) is 26.4. The molecule has 4 N–H and O–H groups in total. The van der Waals surface area contributed by atoms with Crippen molar-refractivity contribution in [2.24, 2.45) is 0 Å². The van der Waals surface area contributed by atoms with Crippen LogP contribution in [0.2, 0.25) is 5.15 Å². The number of alkyl halides is 4. The Hall–Kier alpha value is -8.46. The van der Waals surface area contributed by atoms with E-state index in [-0.39, 0.29) is 85.6 Å². The van der Waals surface area contributed by atoms with E-state index in [4.69, 9.17) is 26.2 Å². The van der Waals surface area contributed by atoms with Crippen molar-refractivity contribution in [3.8, 4) is 0 Å². The molecule has 3 amide bonds. The van der Waals surface area contributed by atoms with E-state index < -0.39 is 41.6 Å². The monoisotopic (exact) mass is 1150 g/mol. The second-order valence-electron chi connectivity index (χ2n) is 20.3. The summed E-state index contributed by atoms with van der Waals surface area (Å²) in [6.45, 7) is 16.7. The normalized spacial score (nSPS) is 14.2. The molecule has 22 heteroatoms. The van der Waals surface area contributed by atoms with Gasteiger partial charge in [0.15, 0.2) is 0 Å². The number of hydrogen-bond donors (Lipinski definition) is 4. The molecule has 0 unspecified atom stereocenters.